The number of nitrogens with zero attached hydrogens (tertiary/aromatic N) is 4. The van der Waals surface area contributed by atoms with Crippen LogP contribution < -0.4 is 14.8 Å². The molecule has 0 aliphatic carbocycles. The smallest absolute Gasteiger partial charge is 0.230 e. The average Bonchev–Trinajstić information content (AvgIpc) is 3.21. The van der Waals surface area contributed by atoms with Crippen molar-refractivity contribution in [1.82, 2.24) is 25.5 Å². The van der Waals surface area contributed by atoms with Crippen molar-refractivity contribution in [2.45, 2.75) is 18.1 Å². The van der Waals surface area contributed by atoms with Gasteiger partial charge in [-0.25, -0.2) is 0 Å². The van der Waals surface area contributed by atoms with Crippen LogP contribution in [-0.4, -0.2) is 46.1 Å². The van der Waals surface area contributed by atoms with Crippen LogP contribution in [0.2, 0.25) is 0 Å². The number of nitrogens with one attached hydrogen (secondary N) is 1. The standard InChI is InChI=1S/C19H21N5O3S/c1-13(16-11-15(26-2)9-10-17(16)27-3)20-18(25)12-28-19-21-22-23-24(19)14-7-5-4-6-8-14/h4-11,13H,12H2,1-3H3,(H,20,25). The molecular formula is C19H21N5O3S. The SMILES string of the molecule is COc1ccc(OC)c(C(C)NC(=O)CSc2nnnn2-c2ccccc2)c1. The molecule has 8 nitrogen and oxygen atoms in total. The number of ether oxygens (including phenoxy) is 2. The maximum atomic E-state index is 12.4. The third-order valence-electron chi connectivity index (χ3n) is 4.05. The van der Waals surface area contributed by atoms with Crippen molar-refractivity contribution in [3.8, 4) is 17.2 Å². The summed E-state index contributed by atoms with van der Waals surface area (Å²) in [7, 11) is 3.20. The molecule has 1 atom stereocenters. The van der Waals surface area contributed by atoms with E-state index in [0.29, 0.717) is 16.7 Å². The highest BCUT2D eigenvalue weighted by atomic mass is 32.2. The van der Waals surface area contributed by atoms with Gasteiger partial charge in [0.1, 0.15) is 11.5 Å². The van der Waals surface area contributed by atoms with Crippen molar-refractivity contribution in [3.05, 3.63) is 54.1 Å². The molecule has 0 radical (unpaired) electrons. The number of amides is 1. The molecule has 9 heteroatoms. The quantitative estimate of drug-likeness (QED) is 0.582. The third-order valence-corrected chi connectivity index (χ3v) is 4.97. The number of thioether (sulfide) groups is 1. The topological polar surface area (TPSA) is 91.2 Å². The monoisotopic (exact) mass is 399 g/mol. The van der Waals surface area contributed by atoms with Crippen LogP contribution >= 0.6 is 11.8 Å². The first kappa shape index (κ1) is 19.7. The van der Waals surface area contributed by atoms with Gasteiger partial charge in [0, 0.05) is 5.56 Å². The zero-order valence-electron chi connectivity index (χ0n) is 15.8. The van der Waals surface area contributed by atoms with E-state index in [4.69, 9.17) is 9.47 Å². The summed E-state index contributed by atoms with van der Waals surface area (Å²) < 4.78 is 12.3. The highest BCUT2D eigenvalue weighted by Gasteiger charge is 2.17. The number of carbonyl (C=O) groups is 1. The molecule has 3 rings (SSSR count). The Kier molecular flexibility index (Phi) is 6.49. The van der Waals surface area contributed by atoms with Gasteiger partial charge in [-0.2, -0.15) is 4.68 Å². The predicted octanol–water partition coefficient (Wildman–Crippen LogP) is 2.65. The van der Waals surface area contributed by atoms with E-state index in [2.05, 4.69) is 20.8 Å². The Labute approximate surface area is 167 Å². The van der Waals surface area contributed by atoms with Crippen molar-refractivity contribution in [2.24, 2.45) is 0 Å². The minimum atomic E-state index is -0.247. The molecule has 0 aliphatic rings. The second kappa shape index (κ2) is 9.23. The van der Waals surface area contributed by atoms with Crippen LogP contribution in [0.5, 0.6) is 11.5 Å². The molecule has 0 fully saturated rings. The van der Waals surface area contributed by atoms with Crippen LogP contribution in [0.1, 0.15) is 18.5 Å². The average molecular weight is 399 g/mol. The van der Waals surface area contributed by atoms with Gasteiger partial charge in [-0.3, -0.25) is 4.79 Å². The van der Waals surface area contributed by atoms with Crippen LogP contribution in [0.25, 0.3) is 5.69 Å². The highest BCUT2D eigenvalue weighted by molar-refractivity contribution is 7.99. The zero-order valence-corrected chi connectivity index (χ0v) is 16.6. The normalized spacial score (nSPS) is 11.7. The van der Waals surface area contributed by atoms with E-state index in [-0.39, 0.29) is 17.7 Å². The van der Waals surface area contributed by atoms with Gasteiger partial charge in [-0.05, 0) is 47.7 Å². The number of hydrogen-bond donors (Lipinski definition) is 1. The predicted molar refractivity (Wildman–Crippen MR) is 106 cm³/mol. The molecule has 28 heavy (non-hydrogen) atoms. The molecule has 1 heterocycles. The minimum absolute atomic E-state index is 0.134. The van der Waals surface area contributed by atoms with Crippen molar-refractivity contribution < 1.29 is 14.3 Å². The van der Waals surface area contributed by atoms with E-state index in [1.807, 2.05) is 55.5 Å². The number of carbonyl (C=O) groups excluding carboxylic acids is 1. The molecule has 0 bridgehead atoms. The summed E-state index contributed by atoms with van der Waals surface area (Å²) in [6.45, 7) is 1.90. The van der Waals surface area contributed by atoms with E-state index in [1.165, 1.54) is 11.8 Å². The summed E-state index contributed by atoms with van der Waals surface area (Å²) in [5, 5.41) is 15.2. The van der Waals surface area contributed by atoms with Crippen LogP contribution in [0.4, 0.5) is 0 Å². The van der Waals surface area contributed by atoms with Gasteiger partial charge in [-0.1, -0.05) is 30.0 Å². The summed E-state index contributed by atoms with van der Waals surface area (Å²) in [5.41, 5.74) is 1.68. The first-order chi connectivity index (χ1) is 13.6. The van der Waals surface area contributed by atoms with Crippen LogP contribution in [0.15, 0.2) is 53.7 Å². The van der Waals surface area contributed by atoms with Crippen molar-refractivity contribution >= 4 is 17.7 Å². The Bertz CT molecular complexity index is 932. The fourth-order valence-corrected chi connectivity index (χ4v) is 3.37. The summed E-state index contributed by atoms with van der Waals surface area (Å²) in [5.74, 6) is 1.44. The van der Waals surface area contributed by atoms with Crippen molar-refractivity contribution in [2.75, 3.05) is 20.0 Å². The van der Waals surface area contributed by atoms with Gasteiger partial charge in [0.05, 0.1) is 31.7 Å². The van der Waals surface area contributed by atoms with Gasteiger partial charge < -0.3 is 14.8 Å². The highest BCUT2D eigenvalue weighted by Crippen LogP contribution is 2.29. The number of rotatable bonds is 8. The van der Waals surface area contributed by atoms with Gasteiger partial charge >= 0.3 is 0 Å². The van der Waals surface area contributed by atoms with Gasteiger partial charge in [0.2, 0.25) is 11.1 Å². The Morgan fingerprint density at radius 3 is 2.68 bits per heavy atom. The summed E-state index contributed by atoms with van der Waals surface area (Å²) in [6, 6.07) is 14.8. The number of hydrogen-bond acceptors (Lipinski definition) is 7. The van der Waals surface area contributed by atoms with Crippen molar-refractivity contribution in [3.63, 3.8) is 0 Å². The van der Waals surface area contributed by atoms with Gasteiger partial charge in [-0.15, -0.1) is 5.10 Å². The second-order valence-electron chi connectivity index (χ2n) is 5.89. The lowest BCUT2D eigenvalue weighted by atomic mass is 10.1. The summed E-state index contributed by atoms with van der Waals surface area (Å²) in [4.78, 5) is 12.4. The van der Waals surface area contributed by atoms with Crippen LogP contribution in [0, 0.1) is 0 Å². The molecule has 1 aromatic heterocycles. The first-order valence-corrected chi connectivity index (χ1v) is 9.59. The maximum Gasteiger partial charge on any atom is 0.230 e. The molecule has 1 amide bonds. The molecule has 1 unspecified atom stereocenters. The number of para-hydroxylation sites is 1. The Morgan fingerprint density at radius 1 is 1.18 bits per heavy atom. The van der Waals surface area contributed by atoms with Crippen LogP contribution in [-0.2, 0) is 4.79 Å². The molecule has 3 aromatic rings. The van der Waals surface area contributed by atoms with Gasteiger partial charge in [0.15, 0.2) is 0 Å². The summed E-state index contributed by atoms with van der Waals surface area (Å²) >= 11 is 1.27. The first-order valence-electron chi connectivity index (χ1n) is 8.60. The molecule has 0 saturated carbocycles. The van der Waals surface area contributed by atoms with Crippen molar-refractivity contribution in [1.29, 1.82) is 0 Å². The Morgan fingerprint density at radius 2 is 1.96 bits per heavy atom. The van der Waals surface area contributed by atoms with E-state index in [1.54, 1.807) is 18.9 Å². The number of tetrazole rings is 1. The fourth-order valence-electron chi connectivity index (χ4n) is 2.67. The second-order valence-corrected chi connectivity index (χ2v) is 6.84. The molecule has 1 N–H and O–H groups in total. The minimum Gasteiger partial charge on any atom is -0.497 e. The Balaban J connectivity index is 1.64. The number of benzene rings is 2. The lowest BCUT2D eigenvalue weighted by Crippen LogP contribution is -2.28. The molecule has 2 aromatic carbocycles. The van der Waals surface area contributed by atoms with E-state index < -0.39 is 0 Å². The zero-order chi connectivity index (χ0) is 19.9. The lowest BCUT2D eigenvalue weighted by Gasteiger charge is -2.18. The maximum absolute atomic E-state index is 12.4. The molecular weight excluding hydrogens is 378 g/mol. The molecule has 146 valence electrons. The molecule has 0 saturated heterocycles. The summed E-state index contributed by atoms with van der Waals surface area (Å²) in [6.07, 6.45) is 0. The van der Waals surface area contributed by atoms with E-state index >= 15 is 0 Å². The van der Waals surface area contributed by atoms with E-state index in [9.17, 15) is 4.79 Å². The number of aromatic nitrogens is 4. The fraction of sp³-hybridized carbons (Fsp3) is 0.263. The van der Waals surface area contributed by atoms with Gasteiger partial charge in [0.25, 0.3) is 0 Å². The van der Waals surface area contributed by atoms with E-state index in [0.717, 1.165) is 11.3 Å². The third kappa shape index (κ3) is 4.61. The molecule has 0 aliphatic heterocycles. The number of methoxy groups -OCH3 is 2. The largest absolute Gasteiger partial charge is 0.497 e. The van der Waals surface area contributed by atoms with Crippen LogP contribution in [0.3, 0.4) is 0 Å². The molecule has 0 spiro atoms. The Hall–Kier alpha value is -3.07. The lowest BCUT2D eigenvalue weighted by molar-refractivity contribution is -0.119.